The molecular weight excluding hydrogens is 469 g/mol. The third-order valence-electron chi connectivity index (χ3n) is 5.81. The summed E-state index contributed by atoms with van der Waals surface area (Å²) >= 11 is 0. The lowest BCUT2D eigenvalue weighted by Gasteiger charge is -2.34. The van der Waals surface area contributed by atoms with E-state index in [-0.39, 0.29) is 34.5 Å². The number of aliphatic hydroxyl groups excluding tert-OH is 1. The lowest BCUT2D eigenvalue weighted by Crippen LogP contribution is -2.36. The first-order valence-electron chi connectivity index (χ1n) is 10.6. The van der Waals surface area contributed by atoms with Crippen molar-refractivity contribution in [1.82, 2.24) is 9.97 Å². The zero-order chi connectivity index (χ0) is 24.5. The maximum absolute atomic E-state index is 13.8. The van der Waals surface area contributed by atoms with Crippen LogP contribution >= 0.6 is 0 Å². The minimum absolute atomic E-state index is 0.00391. The summed E-state index contributed by atoms with van der Waals surface area (Å²) in [4.78, 5) is 9.36. The lowest BCUT2D eigenvalue weighted by atomic mass is 9.95. The molecule has 0 bridgehead atoms. The Bertz CT molecular complexity index is 1280. The van der Waals surface area contributed by atoms with Gasteiger partial charge in [-0.25, -0.2) is 23.5 Å². The molecule has 180 valence electrons. The fourth-order valence-corrected chi connectivity index (χ4v) is 4.59. The SMILES string of the molecule is NS(=O)(=O)c1cccc(-c2c(-c3ccccc3)nc(C(F)(F)F)nc2N2CCC(CO)CC2)c1. The summed E-state index contributed by atoms with van der Waals surface area (Å²) in [5, 5.41) is 14.8. The Kier molecular flexibility index (Phi) is 6.61. The topological polar surface area (TPSA) is 109 Å². The number of rotatable bonds is 5. The van der Waals surface area contributed by atoms with Gasteiger partial charge in [0.05, 0.1) is 16.2 Å². The Morgan fingerprint density at radius 1 is 1.00 bits per heavy atom. The van der Waals surface area contributed by atoms with Crippen LogP contribution in [0, 0.1) is 5.92 Å². The molecule has 4 rings (SSSR count). The van der Waals surface area contributed by atoms with E-state index in [1.165, 1.54) is 18.2 Å². The number of anilines is 1. The molecular formula is C23H23F3N4O3S. The van der Waals surface area contributed by atoms with Gasteiger partial charge in [-0.1, -0.05) is 42.5 Å². The second kappa shape index (κ2) is 9.32. The van der Waals surface area contributed by atoms with Gasteiger partial charge in [-0.2, -0.15) is 13.2 Å². The summed E-state index contributed by atoms with van der Waals surface area (Å²) in [6.45, 7) is 0.773. The molecule has 1 saturated heterocycles. The van der Waals surface area contributed by atoms with Crippen LogP contribution in [0.15, 0.2) is 59.5 Å². The van der Waals surface area contributed by atoms with Crippen molar-refractivity contribution in [2.24, 2.45) is 11.1 Å². The number of halogens is 3. The summed E-state index contributed by atoms with van der Waals surface area (Å²) < 4.78 is 65.4. The van der Waals surface area contributed by atoms with E-state index < -0.39 is 22.0 Å². The largest absolute Gasteiger partial charge is 0.451 e. The quantitative estimate of drug-likeness (QED) is 0.562. The van der Waals surface area contributed by atoms with E-state index in [2.05, 4.69) is 9.97 Å². The fraction of sp³-hybridized carbons (Fsp3) is 0.304. The van der Waals surface area contributed by atoms with Gasteiger partial charge in [0, 0.05) is 25.3 Å². The molecule has 11 heteroatoms. The van der Waals surface area contributed by atoms with Crippen molar-refractivity contribution in [3.63, 3.8) is 0 Å². The number of nitrogens with zero attached hydrogens (tertiary/aromatic N) is 3. The van der Waals surface area contributed by atoms with Crippen molar-refractivity contribution < 1.29 is 26.7 Å². The average molecular weight is 493 g/mol. The van der Waals surface area contributed by atoms with Crippen LogP contribution < -0.4 is 10.0 Å². The summed E-state index contributed by atoms with van der Waals surface area (Å²) in [6.07, 6.45) is -3.62. The van der Waals surface area contributed by atoms with Gasteiger partial charge in [-0.15, -0.1) is 0 Å². The predicted molar refractivity (Wildman–Crippen MR) is 121 cm³/mol. The standard InChI is InChI=1S/C23H23F3N4O3S/c24-23(25,26)22-28-20(16-5-2-1-3-6-16)19(17-7-4-8-18(13-17)34(27,32)33)21(29-22)30-11-9-15(14-31)10-12-30/h1-8,13,15,31H,9-12,14H2,(H2,27,32,33). The molecule has 0 aliphatic carbocycles. The van der Waals surface area contributed by atoms with E-state index in [9.17, 15) is 26.7 Å². The van der Waals surface area contributed by atoms with Gasteiger partial charge in [0.1, 0.15) is 5.82 Å². The van der Waals surface area contributed by atoms with Gasteiger partial charge < -0.3 is 10.0 Å². The van der Waals surface area contributed by atoms with Crippen LogP contribution in [0.5, 0.6) is 0 Å². The minimum Gasteiger partial charge on any atom is -0.396 e. The van der Waals surface area contributed by atoms with Crippen LogP contribution in [-0.4, -0.2) is 43.2 Å². The molecule has 1 fully saturated rings. The molecule has 0 unspecified atom stereocenters. The Labute approximate surface area is 195 Å². The first-order chi connectivity index (χ1) is 16.1. The Hall–Kier alpha value is -3.02. The molecule has 1 aliphatic rings. The molecule has 0 saturated carbocycles. The van der Waals surface area contributed by atoms with Crippen molar-refractivity contribution in [3.05, 3.63) is 60.4 Å². The first kappa shape index (κ1) is 24.1. The van der Waals surface area contributed by atoms with Gasteiger partial charge >= 0.3 is 6.18 Å². The summed E-state index contributed by atoms with van der Waals surface area (Å²) in [6, 6.07) is 14.1. The van der Waals surface area contributed by atoms with Crippen molar-refractivity contribution in [2.45, 2.75) is 23.9 Å². The highest BCUT2D eigenvalue weighted by molar-refractivity contribution is 7.89. The second-order valence-electron chi connectivity index (χ2n) is 8.14. The summed E-state index contributed by atoms with van der Waals surface area (Å²) in [5.74, 6) is -1.16. The molecule has 0 radical (unpaired) electrons. The minimum atomic E-state index is -4.79. The van der Waals surface area contributed by atoms with E-state index >= 15 is 0 Å². The molecule has 7 nitrogen and oxygen atoms in total. The van der Waals surface area contributed by atoms with Gasteiger partial charge in [-0.3, -0.25) is 0 Å². The molecule has 0 amide bonds. The average Bonchev–Trinajstić information content (AvgIpc) is 2.83. The normalized spacial score (nSPS) is 15.5. The van der Waals surface area contributed by atoms with Crippen molar-refractivity contribution in [1.29, 1.82) is 0 Å². The molecule has 3 aromatic rings. The van der Waals surface area contributed by atoms with E-state index in [0.717, 1.165) is 0 Å². The van der Waals surface area contributed by atoms with Crippen molar-refractivity contribution in [3.8, 4) is 22.4 Å². The Balaban J connectivity index is 2.01. The van der Waals surface area contributed by atoms with Gasteiger partial charge in [0.2, 0.25) is 15.8 Å². The highest BCUT2D eigenvalue weighted by Crippen LogP contribution is 2.41. The third kappa shape index (κ3) is 5.06. The smallest absolute Gasteiger partial charge is 0.396 e. The van der Waals surface area contributed by atoms with Crippen molar-refractivity contribution >= 4 is 15.8 Å². The lowest BCUT2D eigenvalue weighted by molar-refractivity contribution is -0.144. The fourth-order valence-electron chi connectivity index (χ4n) is 4.03. The molecule has 2 aromatic carbocycles. The van der Waals surface area contributed by atoms with Crippen LogP contribution in [0.25, 0.3) is 22.4 Å². The zero-order valence-corrected chi connectivity index (χ0v) is 18.9. The number of nitrogens with two attached hydrogens (primary N) is 1. The van der Waals surface area contributed by atoms with Crippen LogP contribution in [-0.2, 0) is 16.2 Å². The van der Waals surface area contributed by atoms with E-state index in [0.29, 0.717) is 37.1 Å². The highest BCUT2D eigenvalue weighted by atomic mass is 32.2. The number of benzene rings is 2. The first-order valence-corrected chi connectivity index (χ1v) is 12.2. The molecule has 34 heavy (non-hydrogen) atoms. The number of hydrogen-bond acceptors (Lipinski definition) is 6. The Morgan fingerprint density at radius 2 is 1.65 bits per heavy atom. The monoisotopic (exact) mass is 492 g/mol. The summed E-state index contributed by atoms with van der Waals surface area (Å²) in [7, 11) is -4.05. The van der Waals surface area contributed by atoms with E-state index in [4.69, 9.17) is 5.14 Å². The van der Waals surface area contributed by atoms with Crippen molar-refractivity contribution in [2.75, 3.05) is 24.6 Å². The number of sulfonamides is 1. The Morgan fingerprint density at radius 3 is 2.24 bits per heavy atom. The van der Waals surface area contributed by atoms with Crippen LogP contribution in [0.4, 0.5) is 19.0 Å². The van der Waals surface area contributed by atoms with Gasteiger partial charge in [0.15, 0.2) is 0 Å². The predicted octanol–water partition coefficient (Wildman–Crippen LogP) is 3.69. The van der Waals surface area contributed by atoms with Crippen LogP contribution in [0.3, 0.4) is 0 Å². The number of aromatic nitrogens is 2. The van der Waals surface area contributed by atoms with Crippen LogP contribution in [0.2, 0.25) is 0 Å². The number of hydrogen-bond donors (Lipinski definition) is 2. The molecule has 3 N–H and O–H groups in total. The van der Waals surface area contributed by atoms with E-state index in [1.807, 2.05) is 0 Å². The third-order valence-corrected chi connectivity index (χ3v) is 6.73. The van der Waals surface area contributed by atoms with Gasteiger partial charge in [-0.05, 0) is 36.5 Å². The highest BCUT2D eigenvalue weighted by Gasteiger charge is 2.38. The maximum Gasteiger partial charge on any atom is 0.451 e. The van der Waals surface area contributed by atoms with E-state index in [1.54, 1.807) is 41.3 Å². The summed E-state index contributed by atoms with van der Waals surface area (Å²) in [5.41, 5.74) is 1.08. The molecule has 0 atom stereocenters. The maximum atomic E-state index is 13.8. The van der Waals surface area contributed by atoms with Gasteiger partial charge in [0.25, 0.3) is 0 Å². The number of piperidine rings is 1. The number of primary sulfonamides is 1. The number of aliphatic hydroxyl groups is 1. The molecule has 0 spiro atoms. The molecule has 1 aromatic heterocycles. The zero-order valence-electron chi connectivity index (χ0n) is 18.0. The second-order valence-corrected chi connectivity index (χ2v) is 9.71. The van der Waals surface area contributed by atoms with Crippen LogP contribution in [0.1, 0.15) is 18.7 Å². The number of alkyl halides is 3. The molecule has 2 heterocycles. The molecule has 1 aliphatic heterocycles.